The quantitative estimate of drug-likeness (QED) is 0.295. The van der Waals surface area contributed by atoms with Gasteiger partial charge >= 0.3 is 0 Å². The van der Waals surface area contributed by atoms with E-state index in [0.29, 0.717) is 0 Å². The van der Waals surface area contributed by atoms with Crippen LogP contribution in [0.5, 0.6) is 0 Å². The van der Waals surface area contributed by atoms with Crippen molar-refractivity contribution in [1.82, 2.24) is 0 Å². The normalized spacial score (nSPS) is 18.4. The number of quaternary nitrogens is 1. The van der Waals surface area contributed by atoms with Crippen LogP contribution in [0.4, 0.5) is 0 Å². The highest BCUT2D eigenvalue weighted by atomic mass is 32.2. The molecule has 0 aromatic heterocycles. The highest BCUT2D eigenvalue weighted by Gasteiger charge is 2.43. The summed E-state index contributed by atoms with van der Waals surface area (Å²) < 4.78 is 51.2. The van der Waals surface area contributed by atoms with E-state index in [9.17, 15) is 17.4 Å². The Morgan fingerprint density at radius 3 is 2.00 bits per heavy atom. The zero-order chi connectivity index (χ0) is 14.0. The van der Waals surface area contributed by atoms with Crippen LogP contribution in [0.25, 0.3) is 0 Å². The molecule has 0 aromatic carbocycles. The molecule has 3 unspecified atom stereocenters. The fraction of sp³-hybridized carbons (Fsp3) is 0.857. The van der Waals surface area contributed by atoms with Gasteiger partial charge in [-0.2, -0.15) is 8.42 Å². The van der Waals surface area contributed by atoms with Crippen molar-refractivity contribution in [1.29, 1.82) is 0 Å². The number of nitrogens with two attached hydrogens (primary N) is 1. The van der Waals surface area contributed by atoms with Crippen LogP contribution in [0.1, 0.15) is 0 Å². The lowest BCUT2D eigenvalue weighted by Crippen LogP contribution is -2.54. The third-order valence-corrected chi connectivity index (χ3v) is 4.24. The van der Waals surface area contributed by atoms with Gasteiger partial charge in [-0.3, -0.25) is 9.35 Å². The third-order valence-electron chi connectivity index (χ3n) is 1.93. The van der Waals surface area contributed by atoms with Gasteiger partial charge in [-0.25, -0.2) is 4.21 Å². The smallest absolute Gasteiger partial charge is 0.278 e. The molecule has 3 atom stereocenters. The molecule has 0 saturated carbocycles. The van der Waals surface area contributed by atoms with E-state index in [1.165, 1.54) is 0 Å². The summed E-state index contributed by atoms with van der Waals surface area (Å²) in [5.74, 6) is -1.35. The number of primary amides is 1. The second-order valence-corrected chi connectivity index (χ2v) is 7.32. The van der Waals surface area contributed by atoms with Crippen molar-refractivity contribution in [3.05, 3.63) is 0 Å². The van der Waals surface area contributed by atoms with E-state index in [1.54, 1.807) is 21.1 Å². The molecule has 8 nitrogen and oxygen atoms in total. The van der Waals surface area contributed by atoms with E-state index >= 15 is 0 Å². The lowest BCUT2D eigenvalue weighted by Gasteiger charge is -2.29. The average molecular weight is 289 g/mol. The summed E-state index contributed by atoms with van der Waals surface area (Å²) in [7, 11) is 0.104. The lowest BCUT2D eigenvalue weighted by atomic mass is 10.2. The van der Waals surface area contributed by atoms with Crippen LogP contribution in [0, 0.1) is 0 Å². The molecule has 0 aromatic rings. The van der Waals surface area contributed by atoms with E-state index in [-0.39, 0.29) is 11.0 Å². The maximum absolute atomic E-state index is 11.1. The summed E-state index contributed by atoms with van der Waals surface area (Å²) in [4.78, 5) is 11.0. The average Bonchev–Trinajstić information content (AvgIpc) is 1.96. The first-order valence-corrected chi connectivity index (χ1v) is 7.19. The zero-order valence-corrected chi connectivity index (χ0v) is 11.4. The predicted octanol–water partition coefficient (Wildman–Crippen LogP) is -1.98. The molecule has 0 fully saturated rings. The number of nitrogens with zero attached hydrogens (tertiary/aromatic N) is 1. The summed E-state index contributed by atoms with van der Waals surface area (Å²) in [6, 6.07) is 0. The molecular formula is C7H17N2O6S2+. The van der Waals surface area contributed by atoms with Gasteiger partial charge in [0.25, 0.3) is 10.1 Å². The van der Waals surface area contributed by atoms with Gasteiger partial charge in [-0.05, 0) is 0 Å². The standard InChI is InChI=1S/C7H16N2O6S2/c1-9(2,3)4-5(16(11)12)6(7(8)10)17(13,14)15/h5-6H,4H2,1-3H3,(H3-,8,10,11,12,13,14,15)/p+1. The summed E-state index contributed by atoms with van der Waals surface area (Å²) in [5.41, 5.74) is 4.85. The second-order valence-electron chi connectivity index (χ2n) is 4.63. The zero-order valence-electron chi connectivity index (χ0n) is 9.73. The fourth-order valence-corrected chi connectivity index (χ4v) is 3.72. The number of carbonyl (C=O) groups excluding carboxylic acids is 1. The fourth-order valence-electron chi connectivity index (χ4n) is 1.33. The first-order valence-electron chi connectivity index (χ1n) is 4.52. The Labute approximate surface area is 102 Å². The van der Waals surface area contributed by atoms with Crippen LogP contribution in [-0.2, 0) is 26.0 Å². The first kappa shape index (κ1) is 16.4. The van der Waals surface area contributed by atoms with E-state index in [4.69, 9.17) is 14.8 Å². The Bertz CT molecular complexity index is 413. The molecule has 0 heterocycles. The largest absolute Gasteiger partial charge is 0.368 e. The Kier molecular flexibility index (Phi) is 5.22. The van der Waals surface area contributed by atoms with Gasteiger partial charge in [0.2, 0.25) is 5.91 Å². The third kappa shape index (κ3) is 5.55. The second kappa shape index (κ2) is 5.40. The first-order chi connectivity index (χ1) is 7.36. The minimum atomic E-state index is -4.82. The number of rotatable bonds is 6. The maximum atomic E-state index is 11.1. The summed E-state index contributed by atoms with van der Waals surface area (Å²) in [6.45, 7) is -0.115. The molecular weight excluding hydrogens is 272 g/mol. The molecule has 1 amide bonds. The van der Waals surface area contributed by atoms with E-state index < -0.39 is 37.6 Å². The Morgan fingerprint density at radius 2 is 1.82 bits per heavy atom. The Hall–Kier alpha value is -0.550. The molecule has 0 rings (SSSR count). The van der Waals surface area contributed by atoms with Crippen molar-refractivity contribution in [2.24, 2.45) is 5.73 Å². The van der Waals surface area contributed by atoms with Gasteiger partial charge in [0, 0.05) is 0 Å². The highest BCUT2D eigenvalue weighted by molar-refractivity contribution is 7.89. The Balaban J connectivity index is 5.43. The summed E-state index contributed by atoms with van der Waals surface area (Å²) in [5, 5.41) is -3.58. The van der Waals surface area contributed by atoms with Crippen molar-refractivity contribution in [3.63, 3.8) is 0 Å². The van der Waals surface area contributed by atoms with Gasteiger partial charge in [0.05, 0.1) is 27.7 Å². The van der Waals surface area contributed by atoms with Gasteiger partial charge in [-0.15, -0.1) is 0 Å². The molecule has 0 radical (unpaired) electrons. The highest BCUT2D eigenvalue weighted by Crippen LogP contribution is 2.13. The molecule has 0 saturated heterocycles. The van der Waals surface area contributed by atoms with Crippen molar-refractivity contribution in [2.75, 3.05) is 27.7 Å². The van der Waals surface area contributed by atoms with Crippen molar-refractivity contribution < 1.29 is 31.0 Å². The predicted molar refractivity (Wildman–Crippen MR) is 62.0 cm³/mol. The molecule has 0 aliphatic heterocycles. The van der Waals surface area contributed by atoms with Crippen LogP contribution in [-0.4, -0.2) is 70.3 Å². The van der Waals surface area contributed by atoms with Crippen LogP contribution in [0.15, 0.2) is 0 Å². The molecule has 17 heavy (non-hydrogen) atoms. The number of amides is 1. The molecule has 0 aliphatic rings. The summed E-state index contributed by atoms with van der Waals surface area (Å²) in [6.07, 6.45) is 0. The number of carbonyl (C=O) groups is 1. The van der Waals surface area contributed by atoms with Gasteiger partial charge in [0.1, 0.15) is 5.25 Å². The van der Waals surface area contributed by atoms with Crippen LogP contribution < -0.4 is 5.73 Å². The van der Waals surface area contributed by atoms with Crippen LogP contribution in [0.3, 0.4) is 0 Å². The van der Waals surface area contributed by atoms with Crippen LogP contribution in [0.2, 0.25) is 0 Å². The van der Waals surface area contributed by atoms with Gasteiger partial charge < -0.3 is 14.8 Å². The molecule has 0 aliphatic carbocycles. The van der Waals surface area contributed by atoms with Crippen molar-refractivity contribution >= 4 is 27.1 Å². The summed E-state index contributed by atoms with van der Waals surface area (Å²) >= 11 is -2.60. The van der Waals surface area contributed by atoms with Gasteiger partial charge in [-0.1, -0.05) is 0 Å². The molecule has 0 bridgehead atoms. The van der Waals surface area contributed by atoms with E-state index in [2.05, 4.69) is 0 Å². The number of hydrogen-bond donors (Lipinski definition) is 3. The molecule has 0 spiro atoms. The van der Waals surface area contributed by atoms with E-state index in [1.807, 2.05) is 0 Å². The van der Waals surface area contributed by atoms with Gasteiger partial charge in [0.15, 0.2) is 16.3 Å². The number of hydrogen-bond acceptors (Lipinski definition) is 4. The van der Waals surface area contributed by atoms with E-state index in [0.717, 1.165) is 0 Å². The topological polar surface area (TPSA) is 135 Å². The minimum Gasteiger partial charge on any atom is -0.368 e. The maximum Gasteiger partial charge on any atom is 0.278 e. The monoisotopic (exact) mass is 289 g/mol. The van der Waals surface area contributed by atoms with Crippen molar-refractivity contribution in [3.8, 4) is 0 Å². The molecule has 10 heteroatoms. The lowest BCUT2D eigenvalue weighted by molar-refractivity contribution is -0.869. The Morgan fingerprint density at radius 1 is 1.41 bits per heavy atom. The molecule has 4 N–H and O–H groups in total. The molecule has 102 valence electrons. The SMILES string of the molecule is C[N+](C)(C)CC(C(C(N)=O)S(=O)(=O)O)S(=O)O. The van der Waals surface area contributed by atoms with Crippen molar-refractivity contribution in [2.45, 2.75) is 10.5 Å². The van der Waals surface area contributed by atoms with Crippen LogP contribution >= 0.6 is 0 Å². The minimum absolute atomic E-state index is 0.115.